The van der Waals surface area contributed by atoms with E-state index in [9.17, 15) is 12.8 Å². The molecule has 1 aliphatic rings. The lowest BCUT2D eigenvalue weighted by Gasteiger charge is -2.30. The van der Waals surface area contributed by atoms with Crippen molar-refractivity contribution in [2.24, 2.45) is 0 Å². The summed E-state index contributed by atoms with van der Waals surface area (Å²) in [7, 11) is -3.93. The molecule has 128 valence electrons. The Morgan fingerprint density at radius 3 is 2.54 bits per heavy atom. The average Bonchev–Trinajstić information content (AvgIpc) is 2.55. The van der Waals surface area contributed by atoms with Crippen molar-refractivity contribution in [2.75, 3.05) is 35.9 Å². The van der Waals surface area contributed by atoms with Crippen molar-refractivity contribution >= 4 is 33.0 Å². The second kappa shape index (κ2) is 6.96. The van der Waals surface area contributed by atoms with Crippen LogP contribution in [0.4, 0.5) is 15.8 Å². The van der Waals surface area contributed by atoms with Crippen LogP contribution in [0.2, 0.25) is 5.02 Å². The summed E-state index contributed by atoms with van der Waals surface area (Å²) in [6.45, 7) is 2.28. The summed E-state index contributed by atoms with van der Waals surface area (Å²) < 4.78 is 46.6. The molecule has 0 spiro atoms. The van der Waals surface area contributed by atoms with Gasteiger partial charge in [-0.15, -0.1) is 0 Å². The number of nitrogens with one attached hydrogen (secondary N) is 1. The first-order chi connectivity index (χ1) is 11.5. The van der Waals surface area contributed by atoms with E-state index in [-0.39, 0.29) is 15.6 Å². The van der Waals surface area contributed by atoms with Gasteiger partial charge in [-0.3, -0.25) is 4.72 Å². The van der Waals surface area contributed by atoms with Crippen LogP contribution in [0.5, 0.6) is 0 Å². The lowest BCUT2D eigenvalue weighted by atomic mass is 10.2. The summed E-state index contributed by atoms with van der Waals surface area (Å²) in [6.07, 6.45) is 0. The van der Waals surface area contributed by atoms with Crippen LogP contribution in [0.3, 0.4) is 0 Å². The zero-order valence-corrected chi connectivity index (χ0v) is 14.3. The summed E-state index contributed by atoms with van der Waals surface area (Å²) in [5.74, 6) is -0.524. The molecule has 0 radical (unpaired) electrons. The quantitative estimate of drug-likeness (QED) is 0.898. The van der Waals surface area contributed by atoms with E-state index in [0.29, 0.717) is 32.0 Å². The van der Waals surface area contributed by atoms with E-state index in [0.717, 1.165) is 0 Å². The van der Waals surface area contributed by atoms with Gasteiger partial charge >= 0.3 is 0 Å². The molecule has 0 bridgehead atoms. The molecule has 1 N–H and O–H groups in total. The van der Waals surface area contributed by atoms with Crippen LogP contribution in [0.25, 0.3) is 0 Å². The molecule has 5 nitrogen and oxygen atoms in total. The number of hydrogen-bond acceptors (Lipinski definition) is 4. The van der Waals surface area contributed by atoms with E-state index in [1.54, 1.807) is 18.2 Å². The predicted molar refractivity (Wildman–Crippen MR) is 91.7 cm³/mol. The van der Waals surface area contributed by atoms with Crippen molar-refractivity contribution in [1.29, 1.82) is 0 Å². The highest BCUT2D eigenvalue weighted by molar-refractivity contribution is 7.92. The van der Waals surface area contributed by atoms with Gasteiger partial charge in [-0.25, -0.2) is 12.8 Å². The van der Waals surface area contributed by atoms with Crippen LogP contribution in [-0.4, -0.2) is 34.7 Å². The number of ether oxygens (including phenoxy) is 1. The zero-order valence-electron chi connectivity index (χ0n) is 12.7. The third kappa shape index (κ3) is 3.63. The van der Waals surface area contributed by atoms with Crippen molar-refractivity contribution < 1.29 is 17.5 Å². The second-order valence-electron chi connectivity index (χ2n) is 5.30. The zero-order chi connectivity index (χ0) is 17.2. The molecule has 8 heteroatoms. The van der Waals surface area contributed by atoms with Crippen LogP contribution in [0.15, 0.2) is 47.4 Å². The standard InChI is InChI=1S/C16H16ClFN2O3S/c17-13-3-1-2-4-16(13)24(21,22)19-14-11-12(18)5-6-15(14)20-7-9-23-10-8-20/h1-6,11,19H,7-10H2. The van der Waals surface area contributed by atoms with Gasteiger partial charge in [0.05, 0.1) is 29.6 Å². The highest BCUT2D eigenvalue weighted by Crippen LogP contribution is 2.31. The molecule has 0 saturated carbocycles. The molecule has 2 aromatic rings. The van der Waals surface area contributed by atoms with Crippen molar-refractivity contribution in [3.63, 3.8) is 0 Å². The van der Waals surface area contributed by atoms with E-state index in [1.807, 2.05) is 4.90 Å². The Kier molecular flexibility index (Phi) is 4.93. The van der Waals surface area contributed by atoms with E-state index >= 15 is 0 Å². The molecule has 0 aliphatic carbocycles. The first-order valence-electron chi connectivity index (χ1n) is 7.37. The molecule has 1 fully saturated rings. The van der Waals surface area contributed by atoms with Gasteiger partial charge in [0.15, 0.2) is 0 Å². The fraction of sp³-hybridized carbons (Fsp3) is 0.250. The molecule has 0 unspecified atom stereocenters. The third-order valence-electron chi connectivity index (χ3n) is 3.68. The SMILES string of the molecule is O=S(=O)(Nc1cc(F)ccc1N1CCOCC1)c1ccccc1Cl. The summed E-state index contributed by atoms with van der Waals surface area (Å²) in [5, 5.41) is 0.106. The van der Waals surface area contributed by atoms with Crippen molar-refractivity contribution in [3.8, 4) is 0 Å². The van der Waals surface area contributed by atoms with Crippen LogP contribution in [0.1, 0.15) is 0 Å². The number of hydrogen-bond donors (Lipinski definition) is 1. The molecule has 0 atom stereocenters. The topological polar surface area (TPSA) is 58.6 Å². The first-order valence-corrected chi connectivity index (χ1v) is 9.23. The van der Waals surface area contributed by atoms with Gasteiger partial charge in [-0.1, -0.05) is 23.7 Å². The molecule has 3 rings (SSSR count). The monoisotopic (exact) mass is 370 g/mol. The van der Waals surface area contributed by atoms with E-state index in [2.05, 4.69) is 4.72 Å². The number of halogens is 2. The molecule has 0 aromatic heterocycles. The Morgan fingerprint density at radius 1 is 1.12 bits per heavy atom. The smallest absolute Gasteiger partial charge is 0.263 e. The maximum absolute atomic E-state index is 13.7. The van der Waals surface area contributed by atoms with Crippen LogP contribution in [0, 0.1) is 5.82 Å². The van der Waals surface area contributed by atoms with E-state index in [4.69, 9.17) is 16.3 Å². The summed E-state index contributed by atoms with van der Waals surface area (Å²) >= 11 is 5.97. The van der Waals surface area contributed by atoms with Crippen LogP contribution < -0.4 is 9.62 Å². The Labute approximate surface area is 145 Å². The molecule has 2 aromatic carbocycles. The van der Waals surface area contributed by atoms with E-state index < -0.39 is 15.8 Å². The van der Waals surface area contributed by atoms with Gasteiger partial charge in [0.25, 0.3) is 10.0 Å². The lowest BCUT2D eigenvalue weighted by Crippen LogP contribution is -2.36. The Balaban J connectivity index is 1.97. The third-order valence-corrected chi connectivity index (χ3v) is 5.55. The molecule has 1 saturated heterocycles. The maximum Gasteiger partial charge on any atom is 0.263 e. The largest absolute Gasteiger partial charge is 0.378 e. The van der Waals surface area contributed by atoms with E-state index in [1.165, 1.54) is 24.3 Å². The van der Waals surface area contributed by atoms with Gasteiger partial charge < -0.3 is 9.64 Å². The highest BCUT2D eigenvalue weighted by atomic mass is 35.5. The minimum Gasteiger partial charge on any atom is -0.378 e. The maximum atomic E-state index is 13.7. The minimum atomic E-state index is -3.93. The summed E-state index contributed by atoms with van der Waals surface area (Å²) in [5.41, 5.74) is 0.784. The molecule has 1 aliphatic heterocycles. The van der Waals surface area contributed by atoms with Gasteiger partial charge in [-0.05, 0) is 24.3 Å². The summed E-state index contributed by atoms with van der Waals surface area (Å²) in [6, 6.07) is 10.1. The van der Waals surface area contributed by atoms with Gasteiger partial charge in [0.2, 0.25) is 0 Å². The molecular weight excluding hydrogens is 355 g/mol. The first kappa shape index (κ1) is 17.0. The van der Waals surface area contributed by atoms with Crippen molar-refractivity contribution in [3.05, 3.63) is 53.3 Å². The summed E-state index contributed by atoms with van der Waals surface area (Å²) in [4.78, 5) is 1.90. The minimum absolute atomic E-state index is 0.0520. The van der Waals surface area contributed by atoms with Crippen molar-refractivity contribution in [2.45, 2.75) is 4.90 Å². The Morgan fingerprint density at radius 2 is 1.83 bits per heavy atom. The molecular formula is C16H16ClFN2O3S. The number of morpholine rings is 1. The van der Waals surface area contributed by atoms with Crippen molar-refractivity contribution in [1.82, 2.24) is 0 Å². The highest BCUT2D eigenvalue weighted by Gasteiger charge is 2.22. The average molecular weight is 371 g/mol. The predicted octanol–water partition coefficient (Wildman–Crippen LogP) is 3.12. The van der Waals surface area contributed by atoms with Gasteiger partial charge in [-0.2, -0.15) is 0 Å². The molecule has 1 heterocycles. The number of nitrogens with zero attached hydrogens (tertiary/aromatic N) is 1. The van der Waals surface area contributed by atoms with Crippen LogP contribution >= 0.6 is 11.6 Å². The fourth-order valence-corrected chi connectivity index (χ4v) is 4.12. The van der Waals surface area contributed by atoms with Gasteiger partial charge in [0.1, 0.15) is 10.7 Å². The fourth-order valence-electron chi connectivity index (χ4n) is 2.53. The molecule has 0 amide bonds. The Bertz CT molecular complexity index is 839. The normalized spacial score (nSPS) is 15.3. The number of benzene rings is 2. The Hall–Kier alpha value is -1.83. The molecule has 24 heavy (non-hydrogen) atoms. The van der Waals surface area contributed by atoms with Crippen LogP contribution in [-0.2, 0) is 14.8 Å². The van der Waals surface area contributed by atoms with Gasteiger partial charge in [0, 0.05) is 19.2 Å². The second-order valence-corrected chi connectivity index (χ2v) is 7.35. The number of sulfonamides is 1. The lowest BCUT2D eigenvalue weighted by molar-refractivity contribution is 0.123. The number of anilines is 2. The number of rotatable bonds is 4.